The molecule has 0 aliphatic carbocycles. The van der Waals surface area contributed by atoms with Crippen molar-refractivity contribution < 1.29 is 14.2 Å². The Hall–Kier alpha value is -3.19. The summed E-state index contributed by atoms with van der Waals surface area (Å²) in [5, 5.41) is 20.7. The lowest BCUT2D eigenvalue weighted by molar-refractivity contribution is 0.304. The summed E-state index contributed by atoms with van der Waals surface area (Å²) in [6, 6.07) is 9.56. The molecule has 0 amide bonds. The van der Waals surface area contributed by atoms with E-state index in [4.69, 9.17) is 4.74 Å². The number of hydrogen-bond donors (Lipinski definition) is 2. The summed E-state index contributed by atoms with van der Waals surface area (Å²) in [6.07, 6.45) is 1.71. The van der Waals surface area contributed by atoms with Crippen LogP contribution in [0.25, 0.3) is 22.5 Å². The van der Waals surface area contributed by atoms with Crippen molar-refractivity contribution in [3.05, 3.63) is 69.9 Å². The second-order valence-corrected chi connectivity index (χ2v) is 7.52. The van der Waals surface area contributed by atoms with Gasteiger partial charge in [-0.1, -0.05) is 12.1 Å². The standard InChI is InChI=1S/C21H18FN3O2S/c1-12-7-16(27-10-14-3-5-15(22)6-4-14)8-19(26)20(12)21-17(9-23-25-21)18-11-28-13(2)24-18/h3-9,11,26H,10H2,1-2H3,(H,23,25). The Bertz CT molecular complexity index is 1100. The van der Waals surface area contributed by atoms with E-state index in [9.17, 15) is 9.50 Å². The smallest absolute Gasteiger partial charge is 0.128 e. The summed E-state index contributed by atoms with van der Waals surface area (Å²) in [7, 11) is 0. The number of hydrogen-bond acceptors (Lipinski definition) is 5. The lowest BCUT2D eigenvalue weighted by atomic mass is 10.00. The van der Waals surface area contributed by atoms with Gasteiger partial charge in [0.05, 0.1) is 22.6 Å². The van der Waals surface area contributed by atoms with Crippen LogP contribution in [0.3, 0.4) is 0 Å². The Balaban J connectivity index is 1.62. The molecular formula is C21H18FN3O2S. The van der Waals surface area contributed by atoms with Crippen LogP contribution in [0.15, 0.2) is 48.0 Å². The number of H-pyrrole nitrogens is 1. The molecule has 0 saturated heterocycles. The van der Waals surface area contributed by atoms with E-state index in [0.29, 0.717) is 17.0 Å². The zero-order valence-electron chi connectivity index (χ0n) is 15.4. The van der Waals surface area contributed by atoms with Crippen LogP contribution >= 0.6 is 11.3 Å². The minimum absolute atomic E-state index is 0.0894. The SMILES string of the molecule is Cc1nc(-c2cn[nH]c2-c2c(C)cc(OCc3ccc(F)cc3)cc2O)cs1. The number of ether oxygens (including phenoxy) is 1. The first-order valence-corrected chi connectivity index (χ1v) is 9.56. The first kappa shape index (κ1) is 18.2. The second-order valence-electron chi connectivity index (χ2n) is 6.46. The van der Waals surface area contributed by atoms with Crippen LogP contribution in [0.2, 0.25) is 0 Å². The summed E-state index contributed by atoms with van der Waals surface area (Å²) >= 11 is 1.56. The fraction of sp³-hybridized carbons (Fsp3) is 0.143. The number of nitrogens with zero attached hydrogens (tertiary/aromatic N) is 2. The molecule has 0 saturated carbocycles. The first-order chi connectivity index (χ1) is 13.5. The van der Waals surface area contributed by atoms with Crippen molar-refractivity contribution in [3.63, 3.8) is 0 Å². The largest absolute Gasteiger partial charge is 0.507 e. The van der Waals surface area contributed by atoms with Gasteiger partial charge in [0.15, 0.2) is 0 Å². The van der Waals surface area contributed by atoms with Gasteiger partial charge in [0.1, 0.15) is 23.9 Å². The van der Waals surface area contributed by atoms with Crippen LogP contribution in [-0.2, 0) is 6.61 Å². The van der Waals surface area contributed by atoms with Gasteiger partial charge in [0.25, 0.3) is 0 Å². The van der Waals surface area contributed by atoms with E-state index in [1.54, 1.807) is 35.7 Å². The number of thiazole rings is 1. The molecule has 0 radical (unpaired) electrons. The van der Waals surface area contributed by atoms with Gasteiger partial charge >= 0.3 is 0 Å². The van der Waals surface area contributed by atoms with E-state index in [-0.39, 0.29) is 18.2 Å². The fourth-order valence-corrected chi connectivity index (χ4v) is 3.66. The van der Waals surface area contributed by atoms with Gasteiger partial charge in [-0.25, -0.2) is 9.37 Å². The number of aromatic hydroxyl groups is 1. The Labute approximate surface area is 165 Å². The Kier molecular flexibility index (Phi) is 4.83. The zero-order valence-corrected chi connectivity index (χ0v) is 16.2. The van der Waals surface area contributed by atoms with Crippen LogP contribution in [0, 0.1) is 19.7 Å². The molecule has 0 atom stereocenters. The van der Waals surface area contributed by atoms with E-state index in [2.05, 4.69) is 15.2 Å². The molecule has 28 heavy (non-hydrogen) atoms. The fourth-order valence-electron chi connectivity index (χ4n) is 3.05. The Morgan fingerprint density at radius 1 is 1.18 bits per heavy atom. The predicted molar refractivity (Wildman–Crippen MR) is 107 cm³/mol. The average molecular weight is 395 g/mol. The van der Waals surface area contributed by atoms with Crippen molar-refractivity contribution in [3.8, 4) is 34.0 Å². The van der Waals surface area contributed by atoms with Crippen molar-refractivity contribution >= 4 is 11.3 Å². The molecule has 0 aliphatic rings. The van der Waals surface area contributed by atoms with Crippen LogP contribution < -0.4 is 4.74 Å². The number of aromatic nitrogens is 3. The molecule has 0 unspecified atom stereocenters. The number of aryl methyl sites for hydroxylation is 2. The molecule has 4 rings (SSSR count). The highest BCUT2D eigenvalue weighted by atomic mass is 32.1. The molecule has 0 aliphatic heterocycles. The van der Waals surface area contributed by atoms with Crippen molar-refractivity contribution in [1.82, 2.24) is 15.2 Å². The van der Waals surface area contributed by atoms with Crippen molar-refractivity contribution in [2.75, 3.05) is 0 Å². The lowest BCUT2D eigenvalue weighted by Crippen LogP contribution is -1.97. The maximum Gasteiger partial charge on any atom is 0.128 e. The number of nitrogens with one attached hydrogen (secondary N) is 1. The van der Waals surface area contributed by atoms with Crippen LogP contribution in [0.5, 0.6) is 11.5 Å². The highest BCUT2D eigenvalue weighted by Gasteiger charge is 2.18. The van der Waals surface area contributed by atoms with Crippen LogP contribution in [-0.4, -0.2) is 20.3 Å². The summed E-state index contributed by atoms with van der Waals surface area (Å²) in [5.41, 5.74) is 4.71. The molecule has 2 N–H and O–H groups in total. The van der Waals surface area contributed by atoms with Gasteiger partial charge in [-0.05, 0) is 43.2 Å². The maximum absolute atomic E-state index is 13.0. The van der Waals surface area contributed by atoms with Gasteiger partial charge in [-0.2, -0.15) is 5.10 Å². The maximum atomic E-state index is 13.0. The first-order valence-electron chi connectivity index (χ1n) is 8.68. The van der Waals surface area contributed by atoms with E-state index in [1.807, 2.05) is 25.3 Å². The normalized spacial score (nSPS) is 11.0. The molecule has 2 aromatic heterocycles. The van der Waals surface area contributed by atoms with Gasteiger partial charge in [-0.3, -0.25) is 5.10 Å². The van der Waals surface area contributed by atoms with E-state index in [1.165, 1.54) is 12.1 Å². The Morgan fingerprint density at radius 2 is 1.96 bits per heavy atom. The van der Waals surface area contributed by atoms with Crippen molar-refractivity contribution in [2.45, 2.75) is 20.5 Å². The molecule has 2 aromatic carbocycles. The van der Waals surface area contributed by atoms with Crippen molar-refractivity contribution in [1.29, 1.82) is 0 Å². The third-order valence-corrected chi connectivity index (χ3v) is 5.16. The summed E-state index contributed by atoms with van der Waals surface area (Å²) < 4.78 is 18.8. The molecular weight excluding hydrogens is 377 g/mol. The highest BCUT2D eigenvalue weighted by Crippen LogP contribution is 2.40. The molecule has 0 bridgehead atoms. The van der Waals surface area contributed by atoms with E-state index >= 15 is 0 Å². The van der Waals surface area contributed by atoms with Gasteiger partial charge < -0.3 is 9.84 Å². The molecule has 142 valence electrons. The quantitative estimate of drug-likeness (QED) is 0.485. The monoisotopic (exact) mass is 395 g/mol. The molecule has 7 heteroatoms. The minimum Gasteiger partial charge on any atom is -0.507 e. The summed E-state index contributed by atoms with van der Waals surface area (Å²) in [5.74, 6) is 0.340. The van der Waals surface area contributed by atoms with Gasteiger partial charge in [0, 0.05) is 22.6 Å². The second kappa shape index (κ2) is 7.44. The van der Waals surface area contributed by atoms with Crippen molar-refractivity contribution in [2.24, 2.45) is 0 Å². The van der Waals surface area contributed by atoms with Crippen LogP contribution in [0.4, 0.5) is 4.39 Å². The zero-order chi connectivity index (χ0) is 19.7. The van der Waals surface area contributed by atoms with Gasteiger partial charge in [0.2, 0.25) is 0 Å². The third kappa shape index (κ3) is 3.61. The number of rotatable bonds is 5. The number of phenols is 1. The summed E-state index contributed by atoms with van der Waals surface area (Å²) in [6.45, 7) is 4.13. The molecule has 2 heterocycles. The third-order valence-electron chi connectivity index (χ3n) is 4.39. The number of benzene rings is 2. The highest BCUT2D eigenvalue weighted by molar-refractivity contribution is 7.09. The Morgan fingerprint density at radius 3 is 2.64 bits per heavy atom. The molecule has 0 spiro atoms. The number of aromatic amines is 1. The predicted octanol–water partition coefficient (Wildman–Crippen LogP) is 5.24. The lowest BCUT2D eigenvalue weighted by Gasteiger charge is -2.12. The molecule has 4 aromatic rings. The average Bonchev–Trinajstić information content (AvgIpc) is 3.30. The topological polar surface area (TPSA) is 71.0 Å². The van der Waals surface area contributed by atoms with Gasteiger partial charge in [-0.15, -0.1) is 11.3 Å². The minimum atomic E-state index is -0.285. The molecule has 5 nitrogen and oxygen atoms in total. The number of phenolic OH excluding ortho intramolecular Hbond substituents is 1. The molecule has 0 fully saturated rings. The van der Waals surface area contributed by atoms with Crippen LogP contribution in [0.1, 0.15) is 16.1 Å². The number of halogens is 1. The summed E-state index contributed by atoms with van der Waals surface area (Å²) in [4.78, 5) is 4.51. The van der Waals surface area contributed by atoms with E-state index in [0.717, 1.165) is 27.4 Å². The van der Waals surface area contributed by atoms with E-state index < -0.39 is 0 Å².